The van der Waals surface area contributed by atoms with Gasteiger partial charge in [-0.15, -0.1) is 0 Å². The van der Waals surface area contributed by atoms with Crippen molar-refractivity contribution in [3.8, 4) is 0 Å². The van der Waals surface area contributed by atoms with Crippen LogP contribution in [-0.4, -0.2) is 27.7 Å². The van der Waals surface area contributed by atoms with E-state index in [2.05, 4.69) is 0 Å². The number of nitrogens with two attached hydrogens (primary N) is 1. The Morgan fingerprint density at radius 2 is 2.00 bits per heavy atom. The van der Waals surface area contributed by atoms with Gasteiger partial charge in [-0.2, -0.15) is 0 Å². The molecule has 0 aromatic heterocycles. The molecule has 0 heterocycles. The van der Waals surface area contributed by atoms with Crippen LogP contribution in [0.1, 0.15) is 5.56 Å². The highest BCUT2D eigenvalue weighted by molar-refractivity contribution is 7.85. The number of aliphatic hydroxyl groups is 1. The molecule has 0 aliphatic rings. The maximum absolute atomic E-state index is 11.6. The van der Waals surface area contributed by atoms with Gasteiger partial charge in [-0.05, 0) is 19.1 Å². The number of hydrogen-bond acceptors (Lipinski definition) is 3. The Kier molecular flexibility index (Phi) is 4.25. The Bertz CT molecular complexity index is 310. The fraction of sp³-hybridized carbons (Fsp3) is 0.400. The summed E-state index contributed by atoms with van der Waals surface area (Å²) in [5, 5.41) is 9.23. The van der Waals surface area contributed by atoms with Crippen LogP contribution in [0.5, 0.6) is 0 Å². The van der Waals surface area contributed by atoms with Crippen LogP contribution < -0.4 is 5.73 Å². The van der Waals surface area contributed by atoms with Crippen LogP contribution >= 0.6 is 0 Å². The molecule has 2 unspecified atom stereocenters. The molecule has 14 heavy (non-hydrogen) atoms. The van der Waals surface area contributed by atoms with E-state index in [9.17, 15) is 9.32 Å². The minimum absolute atomic E-state index is 0.150. The van der Waals surface area contributed by atoms with Gasteiger partial charge in [-0.3, -0.25) is 4.21 Å². The average molecular weight is 213 g/mol. The summed E-state index contributed by atoms with van der Waals surface area (Å²) in [5.74, 6) is 0.208. The number of aryl methyl sites for hydroxylation is 1. The van der Waals surface area contributed by atoms with E-state index in [4.69, 9.17) is 5.73 Å². The van der Waals surface area contributed by atoms with Crippen molar-refractivity contribution in [2.24, 2.45) is 5.73 Å². The first-order valence-corrected chi connectivity index (χ1v) is 5.78. The largest absolute Gasteiger partial charge is 0.391 e. The topological polar surface area (TPSA) is 63.3 Å². The van der Waals surface area contributed by atoms with Crippen molar-refractivity contribution in [2.75, 3.05) is 12.3 Å². The first kappa shape index (κ1) is 11.4. The fourth-order valence-electron chi connectivity index (χ4n) is 1.03. The molecule has 0 radical (unpaired) electrons. The quantitative estimate of drug-likeness (QED) is 0.762. The van der Waals surface area contributed by atoms with Crippen molar-refractivity contribution < 1.29 is 9.32 Å². The monoisotopic (exact) mass is 213 g/mol. The highest BCUT2D eigenvalue weighted by Crippen LogP contribution is 2.08. The molecule has 3 N–H and O–H groups in total. The molecule has 0 saturated heterocycles. The predicted octanol–water partition coefficient (Wildman–Crippen LogP) is 0.422. The molecule has 78 valence electrons. The summed E-state index contributed by atoms with van der Waals surface area (Å²) in [6.07, 6.45) is -0.683. The van der Waals surface area contributed by atoms with Crippen molar-refractivity contribution in [1.29, 1.82) is 0 Å². The van der Waals surface area contributed by atoms with Crippen LogP contribution in [-0.2, 0) is 10.8 Å². The maximum atomic E-state index is 11.6. The zero-order chi connectivity index (χ0) is 10.6. The Labute approximate surface area is 86.4 Å². The van der Waals surface area contributed by atoms with E-state index >= 15 is 0 Å². The first-order chi connectivity index (χ1) is 6.63. The molecular weight excluding hydrogens is 198 g/mol. The van der Waals surface area contributed by atoms with Crippen molar-refractivity contribution in [3.05, 3.63) is 29.8 Å². The van der Waals surface area contributed by atoms with E-state index in [1.807, 2.05) is 31.2 Å². The lowest BCUT2D eigenvalue weighted by Gasteiger charge is -2.07. The number of rotatable bonds is 4. The minimum atomic E-state index is -1.15. The van der Waals surface area contributed by atoms with Gasteiger partial charge in [0.25, 0.3) is 0 Å². The summed E-state index contributed by atoms with van der Waals surface area (Å²) in [6.45, 7) is 2.12. The van der Waals surface area contributed by atoms with E-state index in [1.165, 1.54) is 0 Å². The van der Waals surface area contributed by atoms with Crippen LogP contribution in [0.3, 0.4) is 0 Å². The smallest absolute Gasteiger partial charge is 0.0781 e. The van der Waals surface area contributed by atoms with Crippen LogP contribution in [0.2, 0.25) is 0 Å². The van der Waals surface area contributed by atoms with Gasteiger partial charge < -0.3 is 10.8 Å². The molecule has 0 saturated carbocycles. The molecule has 1 rings (SSSR count). The summed E-state index contributed by atoms with van der Waals surface area (Å²) in [7, 11) is -1.15. The molecule has 0 bridgehead atoms. The summed E-state index contributed by atoms with van der Waals surface area (Å²) in [4.78, 5) is 0.739. The predicted molar refractivity (Wildman–Crippen MR) is 57.5 cm³/mol. The lowest BCUT2D eigenvalue weighted by atomic mass is 10.2. The number of benzene rings is 1. The standard InChI is InChI=1S/C10H15NO2S/c1-8-2-4-10(5-3-8)14(13)7-9(12)6-11/h2-5,9,12H,6-7,11H2,1H3. The van der Waals surface area contributed by atoms with Gasteiger partial charge in [0, 0.05) is 11.4 Å². The van der Waals surface area contributed by atoms with Gasteiger partial charge in [-0.25, -0.2) is 0 Å². The van der Waals surface area contributed by atoms with Gasteiger partial charge in [0.15, 0.2) is 0 Å². The Morgan fingerprint density at radius 3 is 2.50 bits per heavy atom. The van der Waals surface area contributed by atoms with Crippen molar-refractivity contribution in [3.63, 3.8) is 0 Å². The highest BCUT2D eigenvalue weighted by Gasteiger charge is 2.09. The van der Waals surface area contributed by atoms with Crippen LogP contribution in [0.4, 0.5) is 0 Å². The summed E-state index contributed by atoms with van der Waals surface area (Å²) in [6, 6.07) is 7.44. The molecule has 0 spiro atoms. The molecule has 0 amide bonds. The number of aliphatic hydroxyl groups excluding tert-OH is 1. The van der Waals surface area contributed by atoms with Crippen molar-refractivity contribution >= 4 is 10.8 Å². The third kappa shape index (κ3) is 3.21. The number of hydrogen-bond donors (Lipinski definition) is 2. The normalized spacial score (nSPS) is 15.1. The lowest BCUT2D eigenvalue weighted by molar-refractivity contribution is 0.207. The zero-order valence-electron chi connectivity index (χ0n) is 8.14. The van der Waals surface area contributed by atoms with Crippen molar-refractivity contribution in [2.45, 2.75) is 17.9 Å². The second-order valence-corrected chi connectivity index (χ2v) is 4.71. The summed E-state index contributed by atoms with van der Waals surface area (Å²) in [5.41, 5.74) is 6.37. The van der Waals surface area contributed by atoms with E-state index in [1.54, 1.807) is 0 Å². The van der Waals surface area contributed by atoms with Gasteiger partial charge in [0.2, 0.25) is 0 Å². The van der Waals surface area contributed by atoms with E-state index in [0.29, 0.717) is 0 Å². The average Bonchev–Trinajstić information content (AvgIpc) is 2.18. The minimum Gasteiger partial charge on any atom is -0.391 e. The van der Waals surface area contributed by atoms with Gasteiger partial charge in [0.1, 0.15) is 0 Å². The molecule has 0 aliphatic carbocycles. The molecule has 3 nitrogen and oxygen atoms in total. The zero-order valence-corrected chi connectivity index (χ0v) is 8.96. The third-order valence-electron chi connectivity index (χ3n) is 1.90. The molecule has 2 atom stereocenters. The maximum Gasteiger partial charge on any atom is 0.0781 e. The van der Waals surface area contributed by atoms with Crippen molar-refractivity contribution in [1.82, 2.24) is 0 Å². The Morgan fingerprint density at radius 1 is 1.43 bits per heavy atom. The SMILES string of the molecule is Cc1ccc(S(=O)CC(O)CN)cc1. The second-order valence-electron chi connectivity index (χ2n) is 3.21. The Hall–Kier alpha value is -0.710. The summed E-state index contributed by atoms with van der Waals surface area (Å²) < 4.78 is 11.6. The van der Waals surface area contributed by atoms with E-state index < -0.39 is 16.9 Å². The molecule has 1 aromatic carbocycles. The molecular formula is C10H15NO2S. The summed E-state index contributed by atoms with van der Waals surface area (Å²) >= 11 is 0. The fourth-order valence-corrected chi connectivity index (χ4v) is 2.15. The van der Waals surface area contributed by atoms with E-state index in [-0.39, 0.29) is 12.3 Å². The highest BCUT2D eigenvalue weighted by atomic mass is 32.2. The van der Waals surface area contributed by atoms with Gasteiger partial charge >= 0.3 is 0 Å². The van der Waals surface area contributed by atoms with Crippen LogP contribution in [0.15, 0.2) is 29.2 Å². The van der Waals surface area contributed by atoms with E-state index in [0.717, 1.165) is 10.5 Å². The van der Waals surface area contributed by atoms with Crippen LogP contribution in [0, 0.1) is 6.92 Å². The first-order valence-electron chi connectivity index (χ1n) is 4.46. The molecule has 1 aromatic rings. The van der Waals surface area contributed by atoms with Gasteiger partial charge in [-0.1, -0.05) is 17.7 Å². The lowest BCUT2D eigenvalue weighted by Crippen LogP contribution is -2.25. The molecule has 0 aliphatic heterocycles. The molecule has 0 fully saturated rings. The van der Waals surface area contributed by atoms with Crippen LogP contribution in [0.25, 0.3) is 0 Å². The Balaban J connectivity index is 2.65. The van der Waals surface area contributed by atoms with Gasteiger partial charge in [0.05, 0.1) is 22.7 Å². The third-order valence-corrected chi connectivity index (χ3v) is 3.39. The molecule has 4 heteroatoms. The second kappa shape index (κ2) is 5.24.